The van der Waals surface area contributed by atoms with Crippen molar-refractivity contribution in [2.45, 2.75) is 46.5 Å². The monoisotopic (exact) mass is 410 g/mol. The van der Waals surface area contributed by atoms with Crippen molar-refractivity contribution >= 4 is 28.7 Å². The van der Waals surface area contributed by atoms with Crippen molar-refractivity contribution in [2.75, 3.05) is 17.6 Å². The Bertz CT molecular complexity index is 1070. The number of anilines is 2. The summed E-state index contributed by atoms with van der Waals surface area (Å²) < 4.78 is 14.5. The molecule has 4 N–H and O–H groups in total. The molecule has 0 radical (unpaired) electrons. The van der Waals surface area contributed by atoms with E-state index in [1.807, 2.05) is 19.9 Å². The zero-order chi connectivity index (χ0) is 21.7. The maximum absolute atomic E-state index is 14.5. The largest absolute Gasteiger partial charge is 0.368 e. The van der Waals surface area contributed by atoms with Crippen LogP contribution < -0.4 is 16.4 Å². The van der Waals surface area contributed by atoms with Crippen molar-refractivity contribution in [3.63, 3.8) is 0 Å². The van der Waals surface area contributed by atoms with E-state index in [0.29, 0.717) is 12.2 Å². The summed E-state index contributed by atoms with van der Waals surface area (Å²) in [5.74, 6) is -0.327. The van der Waals surface area contributed by atoms with Crippen molar-refractivity contribution in [2.24, 2.45) is 0 Å². The van der Waals surface area contributed by atoms with Crippen LogP contribution in [-0.2, 0) is 0 Å². The van der Waals surface area contributed by atoms with Gasteiger partial charge < -0.3 is 16.4 Å². The molecule has 0 atom stereocenters. The van der Waals surface area contributed by atoms with Crippen LogP contribution in [0, 0.1) is 19.7 Å². The number of amides is 2. The standard InChI is InChI=1S/C22H27FN6O/c1-4-5-6-7-8-25-22(30)28-19-11-16(13(2)9-18(19)23)17-10-15-12-26-21(24)29-20(15)27-14(17)3/h9-12H,4-8H2,1-3H3,(H2,25,28,30)(H2,24,26,27,29). The molecule has 7 nitrogen and oxygen atoms in total. The fourth-order valence-corrected chi connectivity index (χ4v) is 3.32. The van der Waals surface area contributed by atoms with Gasteiger partial charge in [-0.3, -0.25) is 0 Å². The molecule has 1 aromatic carbocycles. The quantitative estimate of drug-likeness (QED) is 0.488. The number of benzene rings is 1. The van der Waals surface area contributed by atoms with Crippen LogP contribution in [0.15, 0.2) is 24.4 Å². The van der Waals surface area contributed by atoms with Gasteiger partial charge in [-0.05, 0) is 49.6 Å². The Labute approximate surface area is 175 Å². The minimum absolute atomic E-state index is 0.120. The van der Waals surface area contributed by atoms with Gasteiger partial charge in [0.2, 0.25) is 5.95 Å². The van der Waals surface area contributed by atoms with E-state index < -0.39 is 11.8 Å². The molecule has 0 unspecified atom stereocenters. The van der Waals surface area contributed by atoms with E-state index in [2.05, 4.69) is 32.5 Å². The Morgan fingerprint density at radius 3 is 2.67 bits per heavy atom. The van der Waals surface area contributed by atoms with Gasteiger partial charge in [-0.1, -0.05) is 26.2 Å². The Hall–Kier alpha value is -3.29. The molecule has 0 aliphatic heterocycles. The number of urea groups is 1. The van der Waals surface area contributed by atoms with Crippen LogP contribution in [-0.4, -0.2) is 27.5 Å². The molecule has 0 saturated heterocycles. The van der Waals surface area contributed by atoms with Crippen molar-refractivity contribution in [3.05, 3.63) is 41.5 Å². The molecule has 0 spiro atoms. The summed E-state index contributed by atoms with van der Waals surface area (Å²) in [5, 5.41) is 6.12. The molecule has 158 valence electrons. The van der Waals surface area contributed by atoms with Gasteiger partial charge in [0.25, 0.3) is 0 Å². The molecular weight excluding hydrogens is 383 g/mol. The highest BCUT2D eigenvalue weighted by atomic mass is 19.1. The van der Waals surface area contributed by atoms with Gasteiger partial charge >= 0.3 is 6.03 Å². The average Bonchev–Trinajstić information content (AvgIpc) is 2.69. The lowest BCUT2D eigenvalue weighted by Gasteiger charge is -2.14. The van der Waals surface area contributed by atoms with E-state index in [1.165, 1.54) is 6.07 Å². The molecule has 3 aromatic rings. The highest BCUT2D eigenvalue weighted by molar-refractivity contribution is 5.91. The second kappa shape index (κ2) is 9.47. The van der Waals surface area contributed by atoms with Gasteiger partial charge in [0, 0.05) is 29.4 Å². The van der Waals surface area contributed by atoms with E-state index >= 15 is 0 Å². The van der Waals surface area contributed by atoms with Crippen molar-refractivity contribution < 1.29 is 9.18 Å². The number of halogens is 1. The van der Waals surface area contributed by atoms with Crippen LogP contribution in [0.2, 0.25) is 0 Å². The first-order valence-corrected chi connectivity index (χ1v) is 10.1. The minimum atomic E-state index is -0.486. The number of nitrogens with two attached hydrogens (primary N) is 1. The number of carbonyl (C=O) groups excluding carboxylic acids is 1. The molecule has 0 bridgehead atoms. The lowest BCUT2D eigenvalue weighted by atomic mass is 9.97. The number of hydrogen-bond donors (Lipinski definition) is 3. The number of nitrogen functional groups attached to an aromatic ring is 1. The topological polar surface area (TPSA) is 106 Å². The highest BCUT2D eigenvalue weighted by Gasteiger charge is 2.15. The van der Waals surface area contributed by atoms with E-state index in [-0.39, 0.29) is 11.6 Å². The highest BCUT2D eigenvalue weighted by Crippen LogP contribution is 2.32. The summed E-state index contributed by atoms with van der Waals surface area (Å²) in [5.41, 5.74) is 9.31. The molecule has 30 heavy (non-hydrogen) atoms. The summed E-state index contributed by atoms with van der Waals surface area (Å²) >= 11 is 0. The number of rotatable bonds is 7. The van der Waals surface area contributed by atoms with Gasteiger partial charge in [0.05, 0.1) is 5.69 Å². The summed E-state index contributed by atoms with van der Waals surface area (Å²) in [6.45, 7) is 6.36. The Kier molecular flexibility index (Phi) is 6.76. The fourth-order valence-electron chi connectivity index (χ4n) is 3.32. The normalized spacial score (nSPS) is 10.9. The van der Waals surface area contributed by atoms with Crippen molar-refractivity contribution in [1.29, 1.82) is 0 Å². The SMILES string of the molecule is CCCCCCNC(=O)Nc1cc(-c2cc3cnc(N)nc3nc2C)c(C)cc1F. The second-order valence-corrected chi connectivity index (χ2v) is 7.35. The number of aromatic nitrogens is 3. The predicted octanol–water partition coefficient (Wildman–Crippen LogP) is 4.73. The van der Waals surface area contributed by atoms with Crippen LogP contribution in [0.1, 0.15) is 43.9 Å². The molecule has 3 rings (SSSR count). The second-order valence-electron chi connectivity index (χ2n) is 7.35. The van der Waals surface area contributed by atoms with Crippen LogP contribution in [0.25, 0.3) is 22.2 Å². The molecule has 2 aromatic heterocycles. The molecule has 0 fully saturated rings. The van der Waals surface area contributed by atoms with Crippen molar-refractivity contribution in [1.82, 2.24) is 20.3 Å². The number of nitrogens with zero attached hydrogens (tertiary/aromatic N) is 3. The first-order valence-electron chi connectivity index (χ1n) is 10.1. The van der Waals surface area contributed by atoms with Crippen molar-refractivity contribution in [3.8, 4) is 11.1 Å². The summed E-state index contributed by atoms with van der Waals surface area (Å²) in [7, 11) is 0. The van der Waals surface area contributed by atoms with Crippen LogP contribution >= 0.6 is 0 Å². The van der Waals surface area contributed by atoms with Gasteiger partial charge in [-0.15, -0.1) is 0 Å². The predicted molar refractivity (Wildman–Crippen MR) is 118 cm³/mol. The maximum Gasteiger partial charge on any atom is 0.319 e. The number of nitrogens with one attached hydrogen (secondary N) is 2. The first-order chi connectivity index (χ1) is 14.4. The minimum Gasteiger partial charge on any atom is -0.368 e. The number of aryl methyl sites for hydroxylation is 2. The molecule has 2 amide bonds. The molecule has 0 saturated carbocycles. The molecule has 8 heteroatoms. The lowest BCUT2D eigenvalue weighted by molar-refractivity contribution is 0.251. The fraction of sp³-hybridized carbons (Fsp3) is 0.364. The van der Waals surface area contributed by atoms with E-state index in [4.69, 9.17) is 5.73 Å². The van der Waals surface area contributed by atoms with Gasteiger partial charge in [-0.2, -0.15) is 4.98 Å². The van der Waals surface area contributed by atoms with Crippen LogP contribution in [0.5, 0.6) is 0 Å². The zero-order valence-electron chi connectivity index (χ0n) is 17.6. The third kappa shape index (κ3) is 5.00. The Morgan fingerprint density at radius 1 is 1.10 bits per heavy atom. The number of pyridine rings is 1. The van der Waals surface area contributed by atoms with Crippen LogP contribution in [0.3, 0.4) is 0 Å². The Balaban J connectivity index is 1.85. The summed E-state index contributed by atoms with van der Waals surface area (Å²) in [4.78, 5) is 24.8. The van der Waals surface area contributed by atoms with E-state index in [1.54, 1.807) is 12.3 Å². The maximum atomic E-state index is 14.5. The van der Waals surface area contributed by atoms with Crippen LogP contribution in [0.4, 0.5) is 20.8 Å². The molecule has 2 heterocycles. The van der Waals surface area contributed by atoms with Gasteiger partial charge in [-0.25, -0.2) is 19.2 Å². The zero-order valence-corrected chi connectivity index (χ0v) is 17.6. The lowest BCUT2D eigenvalue weighted by Crippen LogP contribution is -2.29. The molecule has 0 aliphatic rings. The van der Waals surface area contributed by atoms with Gasteiger partial charge in [0.15, 0.2) is 5.65 Å². The average molecular weight is 410 g/mol. The number of unbranched alkanes of at least 4 members (excludes halogenated alkanes) is 3. The third-order valence-corrected chi connectivity index (χ3v) is 4.95. The van der Waals surface area contributed by atoms with E-state index in [9.17, 15) is 9.18 Å². The number of carbonyl (C=O) groups is 1. The third-order valence-electron chi connectivity index (χ3n) is 4.95. The molecular formula is C22H27FN6O. The Morgan fingerprint density at radius 2 is 1.90 bits per heavy atom. The van der Waals surface area contributed by atoms with E-state index in [0.717, 1.165) is 53.5 Å². The smallest absolute Gasteiger partial charge is 0.319 e. The number of fused-ring (bicyclic) bond motifs is 1. The summed E-state index contributed by atoms with van der Waals surface area (Å²) in [6, 6.07) is 4.52. The number of hydrogen-bond acceptors (Lipinski definition) is 5. The first kappa shape index (κ1) is 21.4. The summed E-state index contributed by atoms with van der Waals surface area (Å²) in [6.07, 6.45) is 5.83. The molecule has 0 aliphatic carbocycles. The van der Waals surface area contributed by atoms with Gasteiger partial charge in [0.1, 0.15) is 5.82 Å².